The average Bonchev–Trinajstić information content (AvgIpc) is 3.89. The van der Waals surface area contributed by atoms with Crippen LogP contribution in [-0.4, -0.2) is 22.6 Å². The second-order valence-electron chi connectivity index (χ2n) is 19.7. The Kier molecular flexibility index (Phi) is 11.4. The standard InChI is InChI=1S/C39H31N2S.C20H27FNSi.Ir/c1-23(2)26-13-9-14-27(24(3)4)36(26)41-35-18-8-7-17-34(35)40-39(41)33-16-10-15-30-32-22-21-29-28-12-6-5-11-25(28)19-20-31(29)37(32)42-38(30)33;1-14-8-9-16(17(21)10-14)18-11-15(12-20(2,3)4)19(13-22-18)23(5,6)7;/h5-15,17-24H,1-4H3;8,10-11,13H,12H2,1-7H3;/q2*-1;/i;1D3,12D2;. The van der Waals surface area contributed by atoms with E-state index in [2.05, 4.69) is 172 Å². The molecule has 337 valence electrons. The van der Waals surface area contributed by atoms with Gasteiger partial charge in [0.05, 0.1) is 24.9 Å². The first-order valence-electron chi connectivity index (χ1n) is 25.0. The molecular formula is C59H58FIrN3SSi-2. The van der Waals surface area contributed by atoms with E-state index >= 15 is 0 Å². The quantitative estimate of drug-likeness (QED) is 0.0905. The second kappa shape index (κ2) is 18.4. The second-order valence-corrected chi connectivity index (χ2v) is 25.8. The van der Waals surface area contributed by atoms with E-state index in [1.807, 2.05) is 32.1 Å². The van der Waals surface area contributed by atoms with Crippen molar-refractivity contribution in [3.63, 3.8) is 0 Å². The molecule has 0 aliphatic rings. The summed E-state index contributed by atoms with van der Waals surface area (Å²) in [5.74, 6) is 0.971. The van der Waals surface area contributed by atoms with Crippen LogP contribution in [0.25, 0.3) is 81.1 Å². The Bertz CT molecular complexity index is 3610. The van der Waals surface area contributed by atoms with Gasteiger partial charge in [-0.2, -0.15) is 11.3 Å². The first-order chi connectivity index (χ1) is 33.0. The summed E-state index contributed by atoms with van der Waals surface area (Å²) in [7, 11) is -1.92. The summed E-state index contributed by atoms with van der Waals surface area (Å²) < 4.78 is 59.4. The zero-order chi connectivity index (χ0) is 50.2. The van der Waals surface area contributed by atoms with E-state index in [9.17, 15) is 4.39 Å². The molecule has 3 nitrogen and oxygen atoms in total. The Morgan fingerprint density at radius 1 is 0.758 bits per heavy atom. The summed E-state index contributed by atoms with van der Waals surface area (Å²) in [6.45, 7) is 18.6. The molecule has 3 heterocycles. The van der Waals surface area contributed by atoms with Crippen LogP contribution in [0.5, 0.6) is 0 Å². The normalized spacial score (nSPS) is 13.7. The molecule has 66 heavy (non-hydrogen) atoms. The summed E-state index contributed by atoms with van der Waals surface area (Å²) in [5.41, 5.74) is 7.14. The van der Waals surface area contributed by atoms with E-state index in [0.717, 1.165) is 33.7 Å². The van der Waals surface area contributed by atoms with Gasteiger partial charge in [-0.25, -0.2) is 0 Å². The maximum absolute atomic E-state index is 14.7. The van der Waals surface area contributed by atoms with Crippen molar-refractivity contribution < 1.29 is 31.3 Å². The Morgan fingerprint density at radius 2 is 1.42 bits per heavy atom. The molecule has 0 atom stereocenters. The number of hydrogen-bond donors (Lipinski definition) is 0. The van der Waals surface area contributed by atoms with E-state index in [-0.39, 0.29) is 36.9 Å². The van der Waals surface area contributed by atoms with Crippen molar-refractivity contribution in [2.75, 3.05) is 0 Å². The van der Waals surface area contributed by atoms with Crippen LogP contribution in [0.15, 0.2) is 128 Å². The van der Waals surface area contributed by atoms with Gasteiger partial charge in [-0.15, -0.1) is 42.0 Å². The molecule has 0 bridgehead atoms. The molecular weight excluding hydrogens is 1020 g/mol. The van der Waals surface area contributed by atoms with Crippen molar-refractivity contribution in [3.8, 4) is 28.3 Å². The van der Waals surface area contributed by atoms with Crippen molar-refractivity contribution in [1.82, 2.24) is 14.5 Å². The first kappa shape index (κ1) is 40.9. The largest absolute Gasteiger partial charge is 0.333 e. The predicted molar refractivity (Wildman–Crippen MR) is 281 cm³/mol. The maximum Gasteiger partial charge on any atom is 0.0798 e. The number of halogens is 1. The van der Waals surface area contributed by atoms with Crippen molar-refractivity contribution >= 4 is 77.3 Å². The minimum absolute atomic E-state index is 0. The van der Waals surface area contributed by atoms with Crippen molar-refractivity contribution in [3.05, 3.63) is 168 Å². The van der Waals surface area contributed by atoms with Crippen LogP contribution in [0.3, 0.4) is 0 Å². The summed E-state index contributed by atoms with van der Waals surface area (Å²) in [5, 5.41) is 8.62. The fourth-order valence-corrected chi connectivity index (χ4v) is 11.7. The molecule has 7 aromatic carbocycles. The first-order valence-corrected chi connectivity index (χ1v) is 26.8. The number of benzene rings is 7. The van der Waals surface area contributed by atoms with Gasteiger partial charge in [0, 0.05) is 49.4 Å². The third-order valence-corrected chi connectivity index (χ3v) is 15.3. The number of thiophene rings is 1. The van der Waals surface area contributed by atoms with Crippen molar-refractivity contribution in [2.45, 2.75) is 93.2 Å². The van der Waals surface area contributed by atoms with Crippen LogP contribution in [-0.2, 0) is 26.5 Å². The fourth-order valence-electron chi connectivity index (χ4n) is 9.01. The number of para-hydroxylation sites is 3. The van der Waals surface area contributed by atoms with Crippen LogP contribution in [0.4, 0.5) is 4.39 Å². The number of imidazole rings is 1. The predicted octanol–water partition coefficient (Wildman–Crippen LogP) is 16.5. The molecule has 10 rings (SSSR count). The van der Waals surface area contributed by atoms with Gasteiger partial charge in [0.2, 0.25) is 0 Å². The molecule has 0 amide bonds. The molecule has 0 N–H and O–H groups in total. The number of rotatable bonds is 7. The number of fused-ring (bicyclic) bond motifs is 8. The minimum atomic E-state index is -2.42. The number of aromatic nitrogens is 3. The molecule has 0 fully saturated rings. The van der Waals surface area contributed by atoms with Crippen LogP contribution in [0, 0.1) is 30.2 Å². The zero-order valence-corrected chi connectivity index (χ0v) is 43.5. The fraction of sp³-hybridized carbons (Fsp3) is 0.254. The smallest absolute Gasteiger partial charge is 0.0798 e. The van der Waals surface area contributed by atoms with Crippen molar-refractivity contribution in [2.24, 2.45) is 5.41 Å². The van der Waals surface area contributed by atoms with E-state index in [1.54, 1.807) is 12.3 Å². The number of hydrogen-bond acceptors (Lipinski definition) is 3. The molecule has 0 unspecified atom stereocenters. The monoisotopic (exact) mass is 1090 g/mol. The van der Waals surface area contributed by atoms with Gasteiger partial charge in [0.25, 0.3) is 0 Å². The average molecular weight is 1090 g/mol. The molecule has 0 aliphatic carbocycles. The Labute approximate surface area is 415 Å². The SMILES string of the molecule is CC(C)c1cccc(C(C)C)c1-n1c(-c2[c-]ccc3c2sc2c3ccc3c4ccccc4ccc32)nc2ccccc21.[2H]C([2H])([2H])c1c[c-]c(-c2cc(C([2H])([2H])C(C)(C)C)c([Si](C)(C)C)cn2)c(F)c1.[Ir]. The van der Waals surface area contributed by atoms with Crippen LogP contribution in [0.1, 0.15) is 89.4 Å². The Hall–Kier alpha value is -5.30. The number of pyridine rings is 1. The van der Waals surface area contributed by atoms with Crippen LogP contribution < -0.4 is 5.19 Å². The minimum Gasteiger partial charge on any atom is -0.333 e. The summed E-state index contributed by atoms with van der Waals surface area (Å²) in [6.07, 6.45) is -0.0131. The Balaban J connectivity index is 0.000000205. The van der Waals surface area contributed by atoms with E-state index < -0.39 is 32.5 Å². The van der Waals surface area contributed by atoms with Gasteiger partial charge in [0.1, 0.15) is 0 Å². The molecule has 0 aliphatic heterocycles. The molecule has 7 heteroatoms. The van der Waals surface area contributed by atoms with E-state index in [4.69, 9.17) is 11.8 Å². The van der Waals surface area contributed by atoms with E-state index in [0.29, 0.717) is 17.4 Å². The summed E-state index contributed by atoms with van der Waals surface area (Å²) >= 11 is 1.87. The van der Waals surface area contributed by atoms with Gasteiger partial charge in [-0.3, -0.25) is 9.37 Å². The van der Waals surface area contributed by atoms with Crippen LogP contribution >= 0.6 is 11.3 Å². The van der Waals surface area contributed by atoms with Gasteiger partial charge in [-0.1, -0.05) is 182 Å². The third kappa shape index (κ3) is 8.96. The van der Waals surface area contributed by atoms with Crippen molar-refractivity contribution in [1.29, 1.82) is 0 Å². The number of nitrogens with zero attached hydrogens (tertiary/aromatic N) is 3. The Morgan fingerprint density at radius 3 is 2.12 bits per heavy atom. The molecule has 1 radical (unpaired) electrons. The van der Waals surface area contributed by atoms with Crippen LogP contribution in [0.2, 0.25) is 19.6 Å². The zero-order valence-electron chi connectivity index (χ0n) is 44.2. The molecule has 0 saturated heterocycles. The van der Waals surface area contributed by atoms with Gasteiger partial charge in [-0.05, 0) is 89.4 Å². The molecule has 0 spiro atoms. The molecule has 0 saturated carbocycles. The number of aryl methyl sites for hydroxylation is 1. The van der Waals surface area contributed by atoms with Gasteiger partial charge in [0.15, 0.2) is 0 Å². The third-order valence-electron chi connectivity index (χ3n) is 12.0. The summed E-state index contributed by atoms with van der Waals surface area (Å²) in [6, 6.07) is 47.6. The molecule has 3 aromatic heterocycles. The maximum atomic E-state index is 14.7. The topological polar surface area (TPSA) is 30.7 Å². The van der Waals surface area contributed by atoms with Gasteiger partial charge < -0.3 is 9.55 Å². The van der Waals surface area contributed by atoms with Gasteiger partial charge >= 0.3 is 0 Å². The molecule has 10 aromatic rings. The summed E-state index contributed by atoms with van der Waals surface area (Å²) in [4.78, 5) is 9.70. The van der Waals surface area contributed by atoms with E-state index in [1.165, 1.54) is 64.6 Å².